The molecule has 0 saturated carbocycles. The number of imidazole rings is 1. The van der Waals surface area contributed by atoms with Gasteiger partial charge in [-0.05, 0) is 41.5 Å². The Morgan fingerprint density at radius 2 is 1.94 bits per heavy atom. The van der Waals surface area contributed by atoms with Crippen LogP contribution in [0.5, 0.6) is 0 Å². The Morgan fingerprint density at radius 1 is 1.00 bits per heavy atom. The van der Waals surface area contributed by atoms with Gasteiger partial charge < -0.3 is 4.98 Å². The number of aromatic nitrogens is 3. The number of aryl methyl sites for hydroxylation is 1. The van der Waals surface area contributed by atoms with Gasteiger partial charge in [0.05, 0.1) is 17.4 Å². The van der Waals surface area contributed by atoms with Crippen LogP contribution in [0.2, 0.25) is 0 Å². The van der Waals surface area contributed by atoms with Crippen molar-refractivity contribution >= 4 is 32.6 Å². The Kier molecular flexibility index (Phi) is 1.75. The molecule has 0 fully saturated rings. The van der Waals surface area contributed by atoms with E-state index in [4.69, 9.17) is 0 Å². The zero-order chi connectivity index (χ0) is 12.1. The number of hydrogen-bond acceptors (Lipinski definition) is 2. The molecule has 4 rings (SSSR count). The Balaban J connectivity index is 2.36. The Morgan fingerprint density at radius 3 is 2.89 bits per heavy atom. The highest BCUT2D eigenvalue weighted by molar-refractivity contribution is 6.16. The summed E-state index contributed by atoms with van der Waals surface area (Å²) in [7, 11) is 0. The van der Waals surface area contributed by atoms with Crippen molar-refractivity contribution in [2.75, 3.05) is 0 Å². The maximum Gasteiger partial charge on any atom is 0.0961 e. The predicted molar refractivity (Wildman–Crippen MR) is 73.6 cm³/mol. The Labute approximate surface area is 103 Å². The van der Waals surface area contributed by atoms with Crippen LogP contribution in [0, 0.1) is 6.92 Å². The average Bonchev–Trinajstić information content (AvgIpc) is 2.88. The van der Waals surface area contributed by atoms with Gasteiger partial charge in [-0.1, -0.05) is 6.07 Å². The summed E-state index contributed by atoms with van der Waals surface area (Å²) in [5, 5.41) is 4.85. The third kappa shape index (κ3) is 1.13. The molecule has 2 aromatic carbocycles. The highest BCUT2D eigenvalue weighted by Gasteiger charge is 2.08. The summed E-state index contributed by atoms with van der Waals surface area (Å²) in [6, 6.07) is 8.49. The van der Waals surface area contributed by atoms with Crippen LogP contribution in [0.4, 0.5) is 0 Å². The summed E-state index contributed by atoms with van der Waals surface area (Å²) < 4.78 is 0. The highest BCUT2D eigenvalue weighted by atomic mass is 14.9. The molecule has 0 aliphatic rings. The molecule has 4 aromatic rings. The second-order valence-electron chi connectivity index (χ2n) is 4.57. The van der Waals surface area contributed by atoms with Crippen molar-refractivity contribution in [3.8, 4) is 0 Å². The molecule has 3 heteroatoms. The molecule has 0 aliphatic heterocycles. The third-order valence-corrected chi connectivity index (χ3v) is 3.53. The van der Waals surface area contributed by atoms with E-state index in [1.165, 1.54) is 27.1 Å². The number of H-pyrrole nitrogens is 1. The van der Waals surface area contributed by atoms with Crippen molar-refractivity contribution in [1.82, 2.24) is 15.0 Å². The molecule has 0 unspecified atom stereocenters. The van der Waals surface area contributed by atoms with Gasteiger partial charge in [0, 0.05) is 23.2 Å². The molecule has 0 aliphatic carbocycles. The molecule has 86 valence electrons. The fourth-order valence-corrected chi connectivity index (χ4v) is 2.66. The van der Waals surface area contributed by atoms with Crippen molar-refractivity contribution in [1.29, 1.82) is 0 Å². The molecular weight excluding hydrogens is 222 g/mol. The fraction of sp³-hybridized carbons (Fsp3) is 0.0667. The zero-order valence-electron chi connectivity index (χ0n) is 9.94. The van der Waals surface area contributed by atoms with Crippen molar-refractivity contribution in [2.45, 2.75) is 6.92 Å². The number of aromatic amines is 1. The smallest absolute Gasteiger partial charge is 0.0961 e. The normalized spacial score (nSPS) is 11.6. The minimum Gasteiger partial charge on any atom is -0.345 e. The molecule has 0 radical (unpaired) electrons. The van der Waals surface area contributed by atoms with Crippen LogP contribution < -0.4 is 0 Å². The highest BCUT2D eigenvalue weighted by Crippen LogP contribution is 2.31. The lowest BCUT2D eigenvalue weighted by atomic mass is 9.99. The first-order valence-electron chi connectivity index (χ1n) is 5.94. The number of rotatable bonds is 0. The van der Waals surface area contributed by atoms with Gasteiger partial charge in [-0.3, -0.25) is 4.98 Å². The van der Waals surface area contributed by atoms with E-state index in [2.05, 4.69) is 46.1 Å². The van der Waals surface area contributed by atoms with Crippen LogP contribution in [-0.4, -0.2) is 15.0 Å². The van der Waals surface area contributed by atoms with E-state index in [0.29, 0.717) is 0 Å². The molecule has 1 N–H and O–H groups in total. The first kappa shape index (κ1) is 9.59. The van der Waals surface area contributed by atoms with Crippen LogP contribution >= 0.6 is 0 Å². The monoisotopic (exact) mass is 233 g/mol. The molecule has 3 nitrogen and oxygen atoms in total. The summed E-state index contributed by atoms with van der Waals surface area (Å²) >= 11 is 0. The van der Waals surface area contributed by atoms with E-state index in [1.54, 1.807) is 6.33 Å². The standard InChI is InChI=1S/C15H11N3/c1-9-6-12-11(13-7-16-5-4-10(9)13)2-3-14-15(12)18-8-17-14/h2-8H,1H3,(H,17,18). The molecular formula is C15H11N3. The van der Waals surface area contributed by atoms with Gasteiger partial charge in [0.15, 0.2) is 0 Å². The van der Waals surface area contributed by atoms with E-state index in [0.717, 1.165) is 11.0 Å². The topological polar surface area (TPSA) is 41.6 Å². The van der Waals surface area contributed by atoms with E-state index in [-0.39, 0.29) is 0 Å². The van der Waals surface area contributed by atoms with Gasteiger partial charge in [0.25, 0.3) is 0 Å². The first-order valence-corrected chi connectivity index (χ1v) is 5.94. The minimum absolute atomic E-state index is 1.03. The second kappa shape index (κ2) is 3.29. The number of hydrogen-bond donors (Lipinski definition) is 1. The number of pyridine rings is 1. The van der Waals surface area contributed by atoms with Gasteiger partial charge in [-0.2, -0.15) is 0 Å². The molecule has 0 bridgehead atoms. The third-order valence-electron chi connectivity index (χ3n) is 3.53. The molecule has 0 atom stereocenters. The first-order chi connectivity index (χ1) is 8.84. The van der Waals surface area contributed by atoms with Crippen LogP contribution in [-0.2, 0) is 0 Å². The molecule has 2 heterocycles. The summed E-state index contributed by atoms with van der Waals surface area (Å²) in [6.07, 6.45) is 5.52. The number of nitrogens with zero attached hydrogens (tertiary/aromatic N) is 2. The van der Waals surface area contributed by atoms with Crippen LogP contribution in [0.1, 0.15) is 5.56 Å². The lowest BCUT2D eigenvalue weighted by Crippen LogP contribution is -1.85. The SMILES string of the molecule is Cc1cc2c(ccc3[nH]cnc32)c2cnccc12. The summed E-state index contributed by atoms with van der Waals surface area (Å²) in [5.41, 5.74) is 3.36. The summed E-state index contributed by atoms with van der Waals surface area (Å²) in [6.45, 7) is 2.13. The lowest BCUT2D eigenvalue weighted by Gasteiger charge is -2.07. The second-order valence-corrected chi connectivity index (χ2v) is 4.57. The Bertz CT molecular complexity index is 890. The van der Waals surface area contributed by atoms with Crippen molar-refractivity contribution in [3.05, 3.63) is 48.5 Å². The van der Waals surface area contributed by atoms with E-state index < -0.39 is 0 Å². The number of nitrogens with one attached hydrogen (secondary N) is 1. The van der Waals surface area contributed by atoms with Gasteiger partial charge in [-0.25, -0.2) is 4.98 Å². The molecule has 0 spiro atoms. The fourth-order valence-electron chi connectivity index (χ4n) is 2.66. The molecule has 0 saturated heterocycles. The maximum atomic E-state index is 4.42. The van der Waals surface area contributed by atoms with E-state index in [9.17, 15) is 0 Å². The van der Waals surface area contributed by atoms with Gasteiger partial charge in [0.2, 0.25) is 0 Å². The maximum absolute atomic E-state index is 4.42. The van der Waals surface area contributed by atoms with Gasteiger partial charge >= 0.3 is 0 Å². The predicted octanol–water partition coefficient (Wildman–Crippen LogP) is 3.57. The van der Waals surface area contributed by atoms with Crippen molar-refractivity contribution in [3.63, 3.8) is 0 Å². The van der Waals surface area contributed by atoms with Crippen LogP contribution in [0.25, 0.3) is 32.6 Å². The van der Waals surface area contributed by atoms with Gasteiger partial charge in [0.1, 0.15) is 0 Å². The van der Waals surface area contributed by atoms with Gasteiger partial charge in [-0.15, -0.1) is 0 Å². The zero-order valence-corrected chi connectivity index (χ0v) is 9.94. The van der Waals surface area contributed by atoms with Crippen LogP contribution in [0.15, 0.2) is 43.0 Å². The largest absolute Gasteiger partial charge is 0.345 e. The molecule has 0 amide bonds. The molecule has 2 aromatic heterocycles. The summed E-state index contributed by atoms with van der Waals surface area (Å²) in [4.78, 5) is 11.8. The van der Waals surface area contributed by atoms with E-state index >= 15 is 0 Å². The number of benzene rings is 2. The quantitative estimate of drug-likeness (QED) is 0.472. The number of fused-ring (bicyclic) bond motifs is 5. The van der Waals surface area contributed by atoms with E-state index in [1.807, 2.05) is 12.4 Å². The Hall–Kier alpha value is -2.42. The van der Waals surface area contributed by atoms with Crippen molar-refractivity contribution in [2.24, 2.45) is 0 Å². The molecule has 18 heavy (non-hydrogen) atoms. The van der Waals surface area contributed by atoms with Crippen molar-refractivity contribution < 1.29 is 0 Å². The average molecular weight is 233 g/mol. The minimum atomic E-state index is 1.03. The summed E-state index contributed by atoms with van der Waals surface area (Å²) in [5.74, 6) is 0. The lowest BCUT2D eigenvalue weighted by molar-refractivity contribution is 1.35. The van der Waals surface area contributed by atoms with Crippen LogP contribution in [0.3, 0.4) is 0 Å².